The minimum absolute atomic E-state index is 0.0141. The van der Waals surface area contributed by atoms with Crippen molar-refractivity contribution in [3.8, 4) is 0 Å². The van der Waals surface area contributed by atoms with Gasteiger partial charge in [-0.2, -0.15) is 0 Å². The van der Waals surface area contributed by atoms with Gasteiger partial charge in [0, 0.05) is 32.4 Å². The van der Waals surface area contributed by atoms with Crippen molar-refractivity contribution in [3.63, 3.8) is 0 Å². The third-order valence-corrected chi connectivity index (χ3v) is 8.13. The first-order valence-corrected chi connectivity index (χ1v) is 18.0. The Kier molecular flexibility index (Phi) is 28.5. The Hall–Kier alpha value is -2.49. The summed E-state index contributed by atoms with van der Waals surface area (Å²) in [5.74, 6) is -1.53. The van der Waals surface area contributed by atoms with Gasteiger partial charge in [-0.1, -0.05) is 96.8 Å². The average molecular weight is 639 g/mol. The van der Waals surface area contributed by atoms with Crippen molar-refractivity contribution in [2.45, 2.75) is 180 Å². The molecule has 0 saturated heterocycles. The number of carbonyl (C=O) groups excluding carboxylic acids is 4. The van der Waals surface area contributed by atoms with Crippen LogP contribution >= 0.6 is 0 Å². The quantitative estimate of drug-likeness (QED) is 0.0556. The second kappa shape index (κ2) is 30.2. The molecule has 0 aromatic rings. The summed E-state index contributed by atoms with van der Waals surface area (Å²) in [5.41, 5.74) is 5.86. The summed E-state index contributed by atoms with van der Waals surface area (Å²) < 4.78 is 0. The number of hydrogen-bond acceptors (Lipinski definition) is 6. The molecule has 0 aliphatic carbocycles. The van der Waals surface area contributed by atoms with Gasteiger partial charge in [0.25, 0.3) is 0 Å². The first-order valence-electron chi connectivity index (χ1n) is 18.0. The van der Waals surface area contributed by atoms with Crippen LogP contribution in [-0.2, 0) is 24.0 Å². The number of amides is 3. The number of Topliss-reactive ketones (excluding diaryl/α,β-unsaturated/α-hetero) is 1. The standard InChI is InChI=1S/C35H66N4O6/c1-3-27-38-34(43)30(36)23-20-21-28-37-32(41)26-25-31(35(44)45)39-33(42)24-19-17-15-13-11-9-7-5-4-6-8-10-12-14-16-18-22-29(2)40/h30-31H,3-28,36H2,1-2H3,(H,37,41)(H,38,43)(H,39,42)(H,44,45)/t30-,31-/m0/s1. The van der Waals surface area contributed by atoms with Crippen LogP contribution in [0.25, 0.3) is 0 Å². The number of nitrogens with one attached hydrogen (secondary N) is 3. The summed E-state index contributed by atoms with van der Waals surface area (Å²) in [4.78, 5) is 58.7. The zero-order valence-electron chi connectivity index (χ0n) is 28.6. The largest absolute Gasteiger partial charge is 0.480 e. The Morgan fingerprint density at radius 3 is 1.53 bits per heavy atom. The van der Waals surface area contributed by atoms with Crippen LogP contribution in [0.15, 0.2) is 0 Å². The molecule has 0 fully saturated rings. The van der Waals surface area contributed by atoms with Gasteiger partial charge in [0.1, 0.15) is 11.8 Å². The number of ketones is 1. The van der Waals surface area contributed by atoms with Gasteiger partial charge in [-0.25, -0.2) is 4.79 Å². The predicted octanol–water partition coefficient (Wildman–Crippen LogP) is 6.09. The molecule has 0 aromatic carbocycles. The summed E-state index contributed by atoms with van der Waals surface area (Å²) in [5, 5.41) is 17.6. The molecule has 0 unspecified atom stereocenters. The average Bonchev–Trinajstić information content (AvgIpc) is 3.00. The van der Waals surface area contributed by atoms with E-state index in [2.05, 4.69) is 16.0 Å². The first-order chi connectivity index (χ1) is 21.7. The van der Waals surface area contributed by atoms with Crippen molar-refractivity contribution >= 4 is 29.5 Å². The highest BCUT2D eigenvalue weighted by Gasteiger charge is 2.21. The van der Waals surface area contributed by atoms with Gasteiger partial charge >= 0.3 is 5.97 Å². The van der Waals surface area contributed by atoms with Crippen LogP contribution in [0, 0.1) is 0 Å². The highest BCUT2D eigenvalue weighted by atomic mass is 16.4. The van der Waals surface area contributed by atoms with Crippen molar-refractivity contribution in [1.82, 2.24) is 16.0 Å². The maximum atomic E-state index is 12.3. The lowest BCUT2D eigenvalue weighted by Gasteiger charge is -2.15. The third-order valence-electron chi connectivity index (χ3n) is 8.13. The summed E-state index contributed by atoms with van der Waals surface area (Å²) >= 11 is 0. The summed E-state index contributed by atoms with van der Waals surface area (Å²) in [6.07, 6.45) is 22.9. The number of carboxylic acids is 1. The van der Waals surface area contributed by atoms with E-state index >= 15 is 0 Å². The maximum absolute atomic E-state index is 12.3. The van der Waals surface area contributed by atoms with Gasteiger partial charge < -0.3 is 31.6 Å². The SMILES string of the molecule is CCCNC(=O)[C@@H](N)CCCCNC(=O)CC[C@H](NC(=O)CCCCCCCCCCCCCCCCCCC(C)=O)C(=O)O. The molecule has 45 heavy (non-hydrogen) atoms. The smallest absolute Gasteiger partial charge is 0.326 e. The fourth-order valence-corrected chi connectivity index (χ4v) is 5.25. The topological polar surface area (TPSA) is 168 Å². The number of nitrogens with two attached hydrogens (primary N) is 1. The van der Waals surface area contributed by atoms with Gasteiger partial charge in [-0.05, 0) is 51.9 Å². The van der Waals surface area contributed by atoms with Crippen LogP contribution in [0.4, 0.5) is 0 Å². The molecular formula is C35H66N4O6. The number of rotatable bonds is 32. The minimum atomic E-state index is -1.14. The van der Waals surface area contributed by atoms with E-state index in [1.54, 1.807) is 6.92 Å². The fourth-order valence-electron chi connectivity index (χ4n) is 5.25. The predicted molar refractivity (Wildman–Crippen MR) is 181 cm³/mol. The zero-order valence-corrected chi connectivity index (χ0v) is 28.6. The van der Waals surface area contributed by atoms with Crippen LogP contribution in [0.5, 0.6) is 0 Å². The number of aliphatic carboxylic acids is 1. The second-order valence-corrected chi connectivity index (χ2v) is 12.6. The molecule has 0 saturated carbocycles. The molecule has 0 heterocycles. The van der Waals surface area contributed by atoms with E-state index in [-0.39, 0.29) is 30.6 Å². The molecular weight excluding hydrogens is 572 g/mol. The molecule has 10 nitrogen and oxygen atoms in total. The number of carboxylic acid groups (broad SMARTS) is 1. The molecule has 262 valence electrons. The monoisotopic (exact) mass is 638 g/mol. The molecule has 0 aliphatic heterocycles. The van der Waals surface area contributed by atoms with E-state index in [9.17, 15) is 29.1 Å². The Balaban J connectivity index is 3.70. The highest BCUT2D eigenvalue weighted by molar-refractivity contribution is 5.84. The number of unbranched alkanes of at least 4 members (excludes halogenated alkanes) is 16. The van der Waals surface area contributed by atoms with Gasteiger partial charge in [0.2, 0.25) is 17.7 Å². The van der Waals surface area contributed by atoms with E-state index in [0.717, 1.165) is 38.5 Å². The van der Waals surface area contributed by atoms with Gasteiger partial charge in [0.15, 0.2) is 0 Å². The Morgan fingerprint density at radius 1 is 0.578 bits per heavy atom. The maximum Gasteiger partial charge on any atom is 0.326 e. The van der Waals surface area contributed by atoms with E-state index in [1.165, 1.54) is 77.0 Å². The fraction of sp³-hybridized carbons (Fsp3) is 0.857. The Bertz CT molecular complexity index is 807. The summed E-state index contributed by atoms with van der Waals surface area (Å²) in [6, 6.07) is -1.63. The first kappa shape index (κ1) is 42.5. The lowest BCUT2D eigenvalue weighted by Crippen LogP contribution is -2.41. The van der Waals surface area contributed by atoms with Crippen molar-refractivity contribution in [2.24, 2.45) is 5.73 Å². The lowest BCUT2D eigenvalue weighted by molar-refractivity contribution is -0.142. The van der Waals surface area contributed by atoms with Gasteiger partial charge in [-0.15, -0.1) is 0 Å². The molecule has 0 spiro atoms. The third kappa shape index (κ3) is 28.7. The molecule has 0 aromatic heterocycles. The number of carbonyl (C=O) groups is 5. The number of hydrogen-bond donors (Lipinski definition) is 5. The van der Waals surface area contributed by atoms with Crippen LogP contribution in [-0.4, -0.2) is 59.8 Å². The molecule has 0 radical (unpaired) electrons. The van der Waals surface area contributed by atoms with Crippen LogP contribution in [0.2, 0.25) is 0 Å². The zero-order chi connectivity index (χ0) is 33.5. The molecule has 2 atom stereocenters. The van der Waals surface area contributed by atoms with Crippen molar-refractivity contribution < 1.29 is 29.1 Å². The Labute approximate surface area is 273 Å². The lowest BCUT2D eigenvalue weighted by atomic mass is 10.0. The molecule has 3 amide bonds. The van der Waals surface area contributed by atoms with Crippen molar-refractivity contribution in [3.05, 3.63) is 0 Å². The van der Waals surface area contributed by atoms with E-state index in [4.69, 9.17) is 5.73 Å². The van der Waals surface area contributed by atoms with Gasteiger partial charge in [-0.3, -0.25) is 14.4 Å². The minimum Gasteiger partial charge on any atom is -0.480 e. The van der Waals surface area contributed by atoms with Crippen LogP contribution in [0.3, 0.4) is 0 Å². The van der Waals surface area contributed by atoms with Crippen LogP contribution in [0.1, 0.15) is 168 Å². The summed E-state index contributed by atoms with van der Waals surface area (Å²) in [7, 11) is 0. The normalized spacial score (nSPS) is 12.3. The van der Waals surface area contributed by atoms with E-state index < -0.39 is 18.1 Å². The van der Waals surface area contributed by atoms with Crippen LogP contribution < -0.4 is 21.7 Å². The Morgan fingerprint density at radius 2 is 1.07 bits per heavy atom. The van der Waals surface area contributed by atoms with E-state index in [0.29, 0.717) is 44.6 Å². The molecule has 0 bridgehead atoms. The molecule has 6 N–H and O–H groups in total. The molecule has 0 aliphatic rings. The second-order valence-electron chi connectivity index (χ2n) is 12.6. The van der Waals surface area contributed by atoms with E-state index in [1.807, 2.05) is 6.92 Å². The van der Waals surface area contributed by atoms with Gasteiger partial charge in [0.05, 0.1) is 6.04 Å². The molecule has 0 rings (SSSR count). The van der Waals surface area contributed by atoms with Crippen molar-refractivity contribution in [2.75, 3.05) is 13.1 Å². The van der Waals surface area contributed by atoms with Crippen molar-refractivity contribution in [1.29, 1.82) is 0 Å². The molecule has 10 heteroatoms. The highest BCUT2D eigenvalue weighted by Crippen LogP contribution is 2.14. The summed E-state index contributed by atoms with van der Waals surface area (Å²) in [6.45, 7) is 4.68.